The second-order valence-corrected chi connectivity index (χ2v) is 8.05. The second-order valence-electron chi connectivity index (χ2n) is 8.05. The maximum absolute atomic E-state index is 13.0. The quantitative estimate of drug-likeness (QED) is 0.290. The first kappa shape index (κ1) is 27.3. The number of ether oxygens (including phenoxy) is 2. The second kappa shape index (κ2) is 12.3. The Morgan fingerprint density at radius 2 is 1.91 bits per heavy atom. The molecular weight excluding hydrogens is 430 g/mol. The molecule has 1 rings (SSSR count). The normalized spacial score (nSPS) is 12.5. The number of carbonyl (C=O) groups is 4. The molecule has 10 heteroatoms. The first-order chi connectivity index (χ1) is 15.4. The lowest BCUT2D eigenvalue weighted by Crippen LogP contribution is -2.50. The van der Waals surface area contributed by atoms with Gasteiger partial charge < -0.3 is 25.2 Å². The third-order valence-electron chi connectivity index (χ3n) is 4.11. The lowest BCUT2D eigenvalue weighted by molar-refractivity contribution is -0.143. The number of nitrogens with zero attached hydrogens (tertiary/aromatic N) is 1. The molecule has 0 bridgehead atoms. The van der Waals surface area contributed by atoms with E-state index in [0.717, 1.165) is 4.90 Å². The highest BCUT2D eigenvalue weighted by Gasteiger charge is 2.34. The van der Waals surface area contributed by atoms with Crippen LogP contribution in [0, 0.1) is 12.5 Å². The molecule has 0 aromatic heterocycles. The maximum Gasteiger partial charge on any atom is 0.408 e. The van der Waals surface area contributed by atoms with Crippen molar-refractivity contribution in [1.82, 2.24) is 15.5 Å². The summed E-state index contributed by atoms with van der Waals surface area (Å²) in [5, 5.41) is 14.8. The first-order valence-electron chi connectivity index (χ1n) is 10.4. The van der Waals surface area contributed by atoms with Crippen molar-refractivity contribution in [2.24, 2.45) is 0 Å². The molecule has 1 aromatic rings. The first-order valence-corrected chi connectivity index (χ1v) is 10.4. The number of benzene rings is 1. The van der Waals surface area contributed by atoms with Gasteiger partial charge >= 0.3 is 12.1 Å². The van der Waals surface area contributed by atoms with Gasteiger partial charge in [-0.1, -0.05) is 18.6 Å². The zero-order chi connectivity index (χ0) is 25.2. The summed E-state index contributed by atoms with van der Waals surface area (Å²) in [4.78, 5) is 50.4. The largest absolute Gasteiger partial charge is 0.508 e. The minimum atomic E-state index is -1.33. The number of hydrogen-bond donors (Lipinski definition) is 3. The topological polar surface area (TPSA) is 134 Å². The fourth-order valence-electron chi connectivity index (χ4n) is 2.75. The molecule has 3 N–H and O–H groups in total. The molecular formula is C23H31N3O7. The minimum absolute atomic E-state index is 0.0503. The van der Waals surface area contributed by atoms with Gasteiger partial charge in [-0.2, -0.15) is 0 Å². The monoisotopic (exact) mass is 461 g/mol. The van der Waals surface area contributed by atoms with Crippen LogP contribution in [0.15, 0.2) is 24.3 Å². The number of phenolic OH excluding ortho intramolecular Hbond substituents is 1. The van der Waals surface area contributed by atoms with Crippen molar-refractivity contribution in [3.63, 3.8) is 0 Å². The number of hydrogen-bond acceptors (Lipinski definition) is 7. The third kappa shape index (κ3) is 9.11. The molecule has 33 heavy (non-hydrogen) atoms. The van der Waals surface area contributed by atoms with Crippen molar-refractivity contribution in [1.29, 1.82) is 0 Å². The summed E-state index contributed by atoms with van der Waals surface area (Å²) in [6.45, 7) is 8.24. The lowest BCUT2D eigenvalue weighted by atomic mass is 10.0. The van der Waals surface area contributed by atoms with Crippen molar-refractivity contribution in [3.05, 3.63) is 29.8 Å². The number of amides is 3. The number of aromatic hydroxyl groups is 1. The molecule has 10 nitrogen and oxygen atoms in total. The Morgan fingerprint density at radius 3 is 2.45 bits per heavy atom. The molecule has 0 radical (unpaired) electrons. The number of phenols is 1. The minimum Gasteiger partial charge on any atom is -0.508 e. The van der Waals surface area contributed by atoms with Crippen LogP contribution in [0.1, 0.15) is 52.6 Å². The molecule has 1 aromatic carbocycles. The summed E-state index contributed by atoms with van der Waals surface area (Å²) < 4.78 is 9.97. The molecule has 0 heterocycles. The van der Waals surface area contributed by atoms with Gasteiger partial charge in [0, 0.05) is 12.6 Å². The van der Waals surface area contributed by atoms with Crippen LogP contribution in [0.2, 0.25) is 0 Å². The standard InChI is InChI=1S/C23H31N3O7/c1-7-26(21(30)15(3)25-22(31)33-23(4,5)6)19(16-10-9-11-17(27)14-16)20(29)24-13-12-18(28)32-8-2/h1,9-11,14-15,19,27H,8,12-13H2,2-6H3,(H,24,29)(H,25,31). The molecule has 0 aliphatic rings. The summed E-state index contributed by atoms with van der Waals surface area (Å²) in [6.07, 6.45) is 4.67. The van der Waals surface area contributed by atoms with Crippen molar-refractivity contribution >= 4 is 23.9 Å². The van der Waals surface area contributed by atoms with Crippen molar-refractivity contribution < 1.29 is 33.8 Å². The van der Waals surface area contributed by atoms with Crippen molar-refractivity contribution in [3.8, 4) is 18.2 Å². The van der Waals surface area contributed by atoms with Gasteiger partial charge in [-0.05, 0) is 52.3 Å². The van der Waals surface area contributed by atoms with Gasteiger partial charge in [-0.15, -0.1) is 0 Å². The van der Waals surface area contributed by atoms with Gasteiger partial charge in [0.25, 0.3) is 5.91 Å². The Balaban J connectivity index is 3.10. The Morgan fingerprint density at radius 1 is 1.24 bits per heavy atom. The van der Waals surface area contributed by atoms with E-state index in [-0.39, 0.29) is 30.9 Å². The number of esters is 1. The van der Waals surface area contributed by atoms with Crippen LogP contribution in [-0.2, 0) is 23.9 Å². The zero-order valence-corrected chi connectivity index (χ0v) is 19.5. The number of nitrogens with one attached hydrogen (secondary N) is 2. The van der Waals surface area contributed by atoms with Crippen LogP contribution in [0.4, 0.5) is 4.79 Å². The van der Waals surface area contributed by atoms with Crippen LogP contribution in [-0.4, -0.2) is 58.7 Å². The van der Waals surface area contributed by atoms with E-state index in [1.54, 1.807) is 27.7 Å². The highest BCUT2D eigenvalue weighted by molar-refractivity contribution is 5.93. The van der Waals surface area contributed by atoms with Crippen LogP contribution < -0.4 is 10.6 Å². The number of terminal acetylenes is 1. The maximum atomic E-state index is 13.0. The average Bonchev–Trinajstić information content (AvgIpc) is 2.69. The fraction of sp³-hybridized carbons (Fsp3) is 0.478. The van der Waals surface area contributed by atoms with E-state index in [4.69, 9.17) is 15.9 Å². The molecule has 0 fully saturated rings. The average molecular weight is 462 g/mol. The van der Waals surface area contributed by atoms with Gasteiger partial charge in [0.1, 0.15) is 23.4 Å². The van der Waals surface area contributed by atoms with E-state index in [2.05, 4.69) is 16.7 Å². The number of alkyl carbamates (subject to hydrolysis) is 1. The van der Waals surface area contributed by atoms with Gasteiger partial charge in [0.15, 0.2) is 0 Å². The van der Waals surface area contributed by atoms with Crippen LogP contribution in [0.25, 0.3) is 0 Å². The van der Waals surface area contributed by atoms with Gasteiger partial charge in [0.2, 0.25) is 5.91 Å². The van der Waals surface area contributed by atoms with E-state index < -0.39 is 41.6 Å². The fourth-order valence-corrected chi connectivity index (χ4v) is 2.75. The van der Waals surface area contributed by atoms with E-state index in [1.807, 2.05) is 0 Å². The highest BCUT2D eigenvalue weighted by Crippen LogP contribution is 2.25. The van der Waals surface area contributed by atoms with Gasteiger partial charge in [-0.25, -0.2) is 4.79 Å². The number of rotatable bonds is 9. The predicted molar refractivity (Wildman–Crippen MR) is 120 cm³/mol. The Kier molecular flexibility index (Phi) is 10.2. The molecule has 2 atom stereocenters. The van der Waals surface area contributed by atoms with Crippen molar-refractivity contribution in [2.45, 2.75) is 58.7 Å². The smallest absolute Gasteiger partial charge is 0.408 e. The number of carbonyl (C=O) groups excluding carboxylic acids is 4. The Hall–Kier alpha value is -3.74. The van der Waals surface area contributed by atoms with E-state index in [9.17, 15) is 24.3 Å². The Labute approximate surface area is 193 Å². The van der Waals surface area contributed by atoms with E-state index in [1.165, 1.54) is 31.2 Å². The van der Waals surface area contributed by atoms with Gasteiger partial charge in [0.05, 0.1) is 13.0 Å². The Bertz CT molecular complexity index is 902. The molecule has 0 aliphatic carbocycles. The molecule has 0 spiro atoms. The molecule has 0 saturated heterocycles. The van der Waals surface area contributed by atoms with Crippen LogP contribution in [0.3, 0.4) is 0 Å². The van der Waals surface area contributed by atoms with Crippen LogP contribution in [0.5, 0.6) is 5.75 Å². The third-order valence-corrected chi connectivity index (χ3v) is 4.11. The summed E-state index contributed by atoms with van der Waals surface area (Å²) in [5.74, 6) is -2.06. The highest BCUT2D eigenvalue weighted by atomic mass is 16.6. The SMILES string of the molecule is C#CN(C(=O)C(C)NC(=O)OC(C)(C)C)C(C(=O)NCCC(=O)OCC)c1cccc(O)c1. The molecule has 3 amide bonds. The summed E-state index contributed by atoms with van der Waals surface area (Å²) in [7, 11) is 0. The predicted octanol–water partition coefficient (Wildman–Crippen LogP) is 1.84. The summed E-state index contributed by atoms with van der Waals surface area (Å²) in [6, 6.07) is 5.42. The molecule has 180 valence electrons. The molecule has 2 unspecified atom stereocenters. The zero-order valence-electron chi connectivity index (χ0n) is 19.5. The van der Waals surface area contributed by atoms with Crippen LogP contribution >= 0.6 is 0 Å². The summed E-state index contributed by atoms with van der Waals surface area (Å²) >= 11 is 0. The van der Waals surface area contributed by atoms with E-state index >= 15 is 0 Å². The van der Waals surface area contributed by atoms with E-state index in [0.29, 0.717) is 0 Å². The molecule has 0 saturated carbocycles. The summed E-state index contributed by atoms with van der Waals surface area (Å²) in [5.41, 5.74) is -0.541. The molecule has 0 aliphatic heterocycles. The lowest BCUT2D eigenvalue weighted by Gasteiger charge is -2.29. The van der Waals surface area contributed by atoms with Crippen molar-refractivity contribution in [2.75, 3.05) is 13.2 Å². The van der Waals surface area contributed by atoms with Gasteiger partial charge in [-0.3, -0.25) is 19.3 Å².